The summed E-state index contributed by atoms with van der Waals surface area (Å²) >= 11 is 0. The molecular formula is C50H36N4O. The molecule has 1 saturated heterocycles. The van der Waals surface area contributed by atoms with Gasteiger partial charge in [0.05, 0.1) is 22.7 Å². The van der Waals surface area contributed by atoms with E-state index in [0.29, 0.717) is 17.5 Å². The van der Waals surface area contributed by atoms with Crippen LogP contribution in [-0.2, 0) is 4.74 Å². The van der Waals surface area contributed by atoms with Crippen LogP contribution in [0.5, 0.6) is 0 Å². The first-order valence-corrected chi connectivity index (χ1v) is 19.0. The number of ether oxygens (including phenoxy) is 1. The Morgan fingerprint density at radius 2 is 1.22 bits per heavy atom. The number of hydrogen-bond donors (Lipinski definition) is 0. The van der Waals surface area contributed by atoms with Gasteiger partial charge in [-0.25, -0.2) is 15.0 Å². The fraction of sp³-hybridized carbons (Fsp3) is 0.100. The lowest BCUT2D eigenvalue weighted by Crippen LogP contribution is -2.31. The van der Waals surface area contributed by atoms with Crippen LogP contribution < -0.4 is 0 Å². The van der Waals surface area contributed by atoms with Gasteiger partial charge in [0.15, 0.2) is 17.5 Å². The van der Waals surface area contributed by atoms with Crippen molar-refractivity contribution in [3.63, 3.8) is 0 Å². The van der Waals surface area contributed by atoms with Crippen molar-refractivity contribution in [2.24, 2.45) is 0 Å². The Bertz CT molecular complexity index is 2830. The summed E-state index contributed by atoms with van der Waals surface area (Å²) in [7, 11) is 0. The van der Waals surface area contributed by atoms with Crippen molar-refractivity contribution < 1.29 is 4.74 Å². The molecule has 0 amide bonds. The van der Waals surface area contributed by atoms with Gasteiger partial charge in [-0.3, -0.25) is 0 Å². The van der Waals surface area contributed by atoms with E-state index < -0.39 is 5.60 Å². The third-order valence-electron chi connectivity index (χ3n) is 11.6. The number of hydrogen-bond acceptors (Lipinski definition) is 4. The summed E-state index contributed by atoms with van der Waals surface area (Å²) in [5, 5.41) is 2.43. The topological polar surface area (TPSA) is 52.8 Å². The summed E-state index contributed by atoms with van der Waals surface area (Å²) in [4.78, 5) is 15.1. The Morgan fingerprint density at radius 1 is 0.600 bits per heavy atom. The summed E-state index contributed by atoms with van der Waals surface area (Å²) in [6.45, 7) is 2.25. The molecule has 5 nitrogen and oxygen atoms in total. The lowest BCUT2D eigenvalue weighted by atomic mass is 9.71. The van der Waals surface area contributed by atoms with Crippen molar-refractivity contribution in [3.05, 3.63) is 198 Å². The standard InChI is InChI=1S/C50H36N4O/c1-50-30-29-32-15-8-9-22-37(32)44(50)42-27-14-26-41(46(42)55-50)40-25-13-24-39-38-23-10-11-28-43(38)54(45(39)40)36-21-12-20-35(31-36)49-52-47(33-16-4-2-5-17-33)51-48(53-49)34-18-6-3-7-19-34/h2-31,41,44,46H,1H3. The zero-order chi connectivity index (χ0) is 36.5. The van der Waals surface area contributed by atoms with Gasteiger partial charge in [0.2, 0.25) is 0 Å². The molecule has 3 aliphatic rings. The zero-order valence-corrected chi connectivity index (χ0v) is 30.2. The highest BCUT2D eigenvalue weighted by Crippen LogP contribution is 2.56. The van der Waals surface area contributed by atoms with Crippen LogP contribution in [0.25, 0.3) is 67.7 Å². The summed E-state index contributed by atoms with van der Waals surface area (Å²) in [5.41, 5.74) is 10.9. The first-order chi connectivity index (χ1) is 27.1. The maximum atomic E-state index is 7.18. The van der Waals surface area contributed by atoms with E-state index in [1.165, 1.54) is 38.6 Å². The van der Waals surface area contributed by atoms with Crippen molar-refractivity contribution in [3.8, 4) is 39.9 Å². The summed E-state index contributed by atoms with van der Waals surface area (Å²) < 4.78 is 9.61. The smallest absolute Gasteiger partial charge is 0.164 e. The van der Waals surface area contributed by atoms with Crippen molar-refractivity contribution >= 4 is 27.9 Å². The molecule has 0 saturated carbocycles. The van der Waals surface area contributed by atoms with Crippen molar-refractivity contribution in [2.75, 3.05) is 0 Å². The van der Waals surface area contributed by atoms with Gasteiger partial charge in [0.25, 0.3) is 0 Å². The number of nitrogens with zero attached hydrogens (tertiary/aromatic N) is 4. The molecular weight excluding hydrogens is 673 g/mol. The number of fused-ring (bicyclic) bond motifs is 8. The molecule has 2 aromatic heterocycles. The number of allylic oxidation sites excluding steroid dienone is 2. The molecule has 11 rings (SSSR count). The van der Waals surface area contributed by atoms with E-state index >= 15 is 0 Å². The average Bonchev–Trinajstić information content (AvgIpc) is 3.76. The van der Waals surface area contributed by atoms with Crippen molar-refractivity contribution in [1.82, 2.24) is 19.5 Å². The first-order valence-electron chi connectivity index (χ1n) is 19.0. The van der Waals surface area contributed by atoms with E-state index in [9.17, 15) is 0 Å². The molecule has 4 unspecified atom stereocenters. The molecule has 1 aliphatic heterocycles. The highest BCUT2D eigenvalue weighted by atomic mass is 16.5. The minimum Gasteiger partial charge on any atom is -0.362 e. The van der Waals surface area contributed by atoms with Gasteiger partial charge < -0.3 is 9.30 Å². The molecule has 3 heterocycles. The Hall–Kier alpha value is -6.69. The molecule has 262 valence electrons. The fourth-order valence-corrected chi connectivity index (χ4v) is 9.14. The van der Waals surface area contributed by atoms with Crippen LogP contribution in [0.15, 0.2) is 182 Å². The average molecular weight is 709 g/mol. The largest absolute Gasteiger partial charge is 0.362 e. The number of aromatic nitrogens is 4. The van der Waals surface area contributed by atoms with E-state index in [1.807, 2.05) is 60.7 Å². The summed E-state index contributed by atoms with van der Waals surface area (Å²) in [6, 6.07) is 53.1. The van der Waals surface area contributed by atoms with E-state index in [1.54, 1.807) is 0 Å². The molecule has 0 spiro atoms. The molecule has 8 aromatic rings. The van der Waals surface area contributed by atoms with Crippen LogP contribution in [0.2, 0.25) is 0 Å². The fourth-order valence-electron chi connectivity index (χ4n) is 9.14. The van der Waals surface area contributed by atoms with Crippen LogP contribution in [0, 0.1) is 0 Å². The van der Waals surface area contributed by atoms with E-state index in [0.717, 1.165) is 27.9 Å². The predicted molar refractivity (Wildman–Crippen MR) is 222 cm³/mol. The van der Waals surface area contributed by atoms with Gasteiger partial charge in [-0.15, -0.1) is 0 Å². The molecule has 55 heavy (non-hydrogen) atoms. The number of rotatable bonds is 5. The molecule has 0 bridgehead atoms. The third-order valence-corrected chi connectivity index (χ3v) is 11.6. The predicted octanol–water partition coefficient (Wildman–Crippen LogP) is 11.5. The molecule has 5 heteroatoms. The normalized spacial score (nSPS) is 21.0. The highest BCUT2D eigenvalue weighted by molar-refractivity contribution is 6.10. The molecule has 1 fully saturated rings. The van der Waals surface area contributed by atoms with Crippen molar-refractivity contribution in [2.45, 2.75) is 30.5 Å². The van der Waals surface area contributed by atoms with Gasteiger partial charge in [0.1, 0.15) is 0 Å². The van der Waals surface area contributed by atoms with Crippen LogP contribution >= 0.6 is 0 Å². The van der Waals surface area contributed by atoms with Gasteiger partial charge in [-0.1, -0.05) is 164 Å². The summed E-state index contributed by atoms with van der Waals surface area (Å²) in [5.74, 6) is 2.10. The molecule has 0 radical (unpaired) electrons. The van der Waals surface area contributed by atoms with Gasteiger partial charge in [-0.2, -0.15) is 0 Å². The Labute approximate surface area is 319 Å². The molecule has 2 aliphatic carbocycles. The van der Waals surface area contributed by atoms with Crippen LogP contribution in [0.3, 0.4) is 0 Å². The second kappa shape index (κ2) is 12.4. The SMILES string of the molecule is CC12C=Cc3ccccc3C1C1=CC=CC(c3cccc4c5ccccc5n(-c5cccc(-c6nc(-c7ccccc7)nc(-c7ccccc7)n6)c5)c34)C1O2. The third kappa shape index (κ3) is 5.08. The zero-order valence-electron chi connectivity index (χ0n) is 30.2. The lowest BCUT2D eigenvalue weighted by molar-refractivity contribution is -0.00275. The second-order valence-corrected chi connectivity index (χ2v) is 14.9. The van der Waals surface area contributed by atoms with Crippen LogP contribution in [-0.4, -0.2) is 31.2 Å². The Balaban J connectivity index is 1.08. The van der Waals surface area contributed by atoms with Crippen LogP contribution in [0.1, 0.15) is 35.4 Å². The van der Waals surface area contributed by atoms with E-state index in [-0.39, 0.29) is 17.9 Å². The second-order valence-electron chi connectivity index (χ2n) is 14.9. The number of benzene rings is 6. The van der Waals surface area contributed by atoms with Crippen LogP contribution in [0.4, 0.5) is 0 Å². The molecule has 4 atom stereocenters. The molecule has 0 N–H and O–H groups in total. The Kier molecular flexibility index (Phi) is 7.19. The highest BCUT2D eigenvalue weighted by Gasteiger charge is 2.52. The van der Waals surface area contributed by atoms with Gasteiger partial charge in [0, 0.05) is 45.0 Å². The number of para-hydroxylation sites is 2. The lowest BCUT2D eigenvalue weighted by Gasteiger charge is -2.32. The summed E-state index contributed by atoms with van der Waals surface area (Å²) in [6.07, 6.45) is 11.3. The maximum Gasteiger partial charge on any atom is 0.164 e. The minimum absolute atomic E-state index is 0.0170. The van der Waals surface area contributed by atoms with E-state index in [2.05, 4.69) is 133 Å². The van der Waals surface area contributed by atoms with Gasteiger partial charge in [-0.05, 0) is 47.4 Å². The Morgan fingerprint density at radius 3 is 2.00 bits per heavy atom. The maximum absolute atomic E-state index is 7.18. The quantitative estimate of drug-likeness (QED) is 0.179. The van der Waals surface area contributed by atoms with Crippen molar-refractivity contribution in [1.29, 1.82) is 0 Å². The minimum atomic E-state index is -0.425. The van der Waals surface area contributed by atoms with E-state index in [4.69, 9.17) is 19.7 Å². The first kappa shape index (κ1) is 31.8. The monoisotopic (exact) mass is 708 g/mol. The molecule has 6 aromatic carbocycles. The van der Waals surface area contributed by atoms with Gasteiger partial charge >= 0.3 is 0 Å².